The van der Waals surface area contributed by atoms with Gasteiger partial charge in [-0.3, -0.25) is 4.99 Å². The van der Waals surface area contributed by atoms with Gasteiger partial charge in [0.25, 0.3) is 0 Å². The molecule has 0 aliphatic heterocycles. The maximum Gasteiger partial charge on any atom is 0.191 e. The molecule has 1 heterocycles. The normalized spacial score (nSPS) is 16.9. The lowest BCUT2D eigenvalue weighted by Crippen LogP contribution is -2.45. The average molecular weight is 309 g/mol. The summed E-state index contributed by atoms with van der Waals surface area (Å²) in [7, 11) is 1.72. The molecule has 0 atom stereocenters. The van der Waals surface area contributed by atoms with Crippen molar-refractivity contribution in [3.63, 3.8) is 0 Å². The number of guanidine groups is 1. The molecular weight excluding hydrogens is 282 g/mol. The third-order valence-corrected chi connectivity index (χ3v) is 4.69. The number of ether oxygens (including phenoxy) is 1. The summed E-state index contributed by atoms with van der Waals surface area (Å²) < 4.78 is 5.08. The number of hydrogen-bond donors (Lipinski definition) is 2. The van der Waals surface area contributed by atoms with Gasteiger partial charge < -0.3 is 15.4 Å². The third-order valence-electron chi connectivity index (χ3n) is 3.76. The highest BCUT2D eigenvalue weighted by atomic mass is 32.1. The Kier molecular flexibility index (Phi) is 7.60. The molecule has 5 heteroatoms. The minimum absolute atomic E-state index is 0.578. The van der Waals surface area contributed by atoms with Gasteiger partial charge in [-0.15, -0.1) is 11.3 Å². The Balaban J connectivity index is 1.77. The number of hydrogen-bond acceptors (Lipinski definition) is 3. The van der Waals surface area contributed by atoms with E-state index >= 15 is 0 Å². The van der Waals surface area contributed by atoms with E-state index in [1.807, 2.05) is 11.3 Å². The number of rotatable bonds is 7. The van der Waals surface area contributed by atoms with Crippen molar-refractivity contribution in [3.8, 4) is 0 Å². The lowest BCUT2D eigenvalue weighted by molar-refractivity contribution is 0.207. The Bertz CT molecular complexity index is 400. The summed E-state index contributed by atoms with van der Waals surface area (Å²) in [5.41, 5.74) is 0. The molecule has 1 saturated carbocycles. The van der Waals surface area contributed by atoms with Crippen molar-refractivity contribution < 1.29 is 4.74 Å². The minimum Gasteiger partial charge on any atom is -0.383 e. The van der Waals surface area contributed by atoms with Gasteiger partial charge in [-0.2, -0.15) is 0 Å². The van der Waals surface area contributed by atoms with Crippen LogP contribution >= 0.6 is 11.3 Å². The molecule has 2 rings (SSSR count). The van der Waals surface area contributed by atoms with Crippen LogP contribution in [0.4, 0.5) is 0 Å². The summed E-state index contributed by atoms with van der Waals surface area (Å²) in [4.78, 5) is 6.01. The third kappa shape index (κ3) is 6.48. The van der Waals surface area contributed by atoms with E-state index in [2.05, 4.69) is 33.1 Å². The summed E-state index contributed by atoms with van der Waals surface area (Å²) >= 11 is 1.81. The SMILES string of the molecule is COCCN=C(NCCc1cccs1)NC1CCCCC1. The van der Waals surface area contributed by atoms with Gasteiger partial charge in [-0.05, 0) is 30.7 Å². The minimum atomic E-state index is 0.578. The lowest BCUT2D eigenvalue weighted by atomic mass is 9.96. The van der Waals surface area contributed by atoms with Gasteiger partial charge in [0, 0.05) is 24.6 Å². The van der Waals surface area contributed by atoms with Gasteiger partial charge >= 0.3 is 0 Å². The van der Waals surface area contributed by atoms with Crippen LogP contribution in [0.5, 0.6) is 0 Å². The summed E-state index contributed by atoms with van der Waals surface area (Å²) in [6.07, 6.45) is 7.61. The Morgan fingerprint density at radius 3 is 2.95 bits per heavy atom. The van der Waals surface area contributed by atoms with Crippen molar-refractivity contribution in [2.45, 2.75) is 44.6 Å². The first kappa shape index (κ1) is 16.3. The smallest absolute Gasteiger partial charge is 0.191 e. The van der Waals surface area contributed by atoms with Gasteiger partial charge in [-0.1, -0.05) is 25.3 Å². The number of thiophene rings is 1. The quantitative estimate of drug-likeness (QED) is 0.462. The van der Waals surface area contributed by atoms with Gasteiger partial charge in [0.15, 0.2) is 5.96 Å². The second kappa shape index (κ2) is 9.79. The van der Waals surface area contributed by atoms with Gasteiger partial charge in [-0.25, -0.2) is 0 Å². The maximum atomic E-state index is 5.08. The highest BCUT2D eigenvalue weighted by Crippen LogP contribution is 2.17. The number of nitrogens with zero attached hydrogens (tertiary/aromatic N) is 1. The molecule has 0 spiro atoms. The Hall–Kier alpha value is -1.07. The van der Waals surface area contributed by atoms with Crippen LogP contribution in [-0.2, 0) is 11.2 Å². The van der Waals surface area contributed by atoms with Crippen molar-refractivity contribution >= 4 is 17.3 Å². The summed E-state index contributed by atoms with van der Waals surface area (Å²) in [5, 5.41) is 9.16. The van der Waals surface area contributed by atoms with Crippen LogP contribution < -0.4 is 10.6 Å². The molecule has 0 radical (unpaired) electrons. The average Bonchev–Trinajstić information content (AvgIpc) is 3.02. The fourth-order valence-electron chi connectivity index (χ4n) is 2.60. The van der Waals surface area contributed by atoms with E-state index in [0.717, 1.165) is 18.9 Å². The van der Waals surface area contributed by atoms with Gasteiger partial charge in [0.05, 0.1) is 13.2 Å². The molecule has 0 saturated heterocycles. The van der Waals surface area contributed by atoms with Gasteiger partial charge in [0.1, 0.15) is 0 Å². The molecule has 0 bridgehead atoms. The first-order valence-electron chi connectivity index (χ1n) is 7.94. The molecule has 118 valence electrons. The molecule has 21 heavy (non-hydrogen) atoms. The highest BCUT2D eigenvalue weighted by Gasteiger charge is 2.14. The maximum absolute atomic E-state index is 5.08. The molecule has 1 fully saturated rings. The largest absolute Gasteiger partial charge is 0.383 e. The van der Waals surface area contributed by atoms with E-state index in [1.54, 1.807) is 7.11 Å². The standard InChI is InChI=1S/C16H27N3OS/c1-20-12-11-18-16(19-14-6-3-2-4-7-14)17-10-9-15-8-5-13-21-15/h5,8,13-14H,2-4,6-7,9-12H2,1H3,(H2,17,18,19). The zero-order chi connectivity index (χ0) is 14.8. The Morgan fingerprint density at radius 1 is 1.38 bits per heavy atom. The van der Waals surface area contributed by atoms with E-state index in [-0.39, 0.29) is 0 Å². The van der Waals surface area contributed by atoms with E-state index < -0.39 is 0 Å². The molecule has 0 amide bonds. The molecule has 1 aliphatic rings. The lowest BCUT2D eigenvalue weighted by Gasteiger charge is -2.25. The van der Waals surface area contributed by atoms with Crippen LogP contribution in [0.3, 0.4) is 0 Å². The van der Waals surface area contributed by atoms with Crippen molar-refractivity contribution in [1.29, 1.82) is 0 Å². The molecule has 1 aliphatic carbocycles. The number of aliphatic imine (C=N–C) groups is 1. The van der Waals surface area contributed by atoms with Crippen molar-refractivity contribution in [1.82, 2.24) is 10.6 Å². The second-order valence-corrected chi connectivity index (χ2v) is 6.49. The van der Waals surface area contributed by atoms with E-state index in [9.17, 15) is 0 Å². The molecule has 2 N–H and O–H groups in total. The van der Waals surface area contributed by atoms with E-state index in [4.69, 9.17) is 4.74 Å². The van der Waals surface area contributed by atoms with Crippen LogP contribution in [0.2, 0.25) is 0 Å². The predicted molar refractivity (Wildman–Crippen MR) is 90.2 cm³/mol. The molecule has 4 nitrogen and oxygen atoms in total. The second-order valence-electron chi connectivity index (χ2n) is 5.46. The summed E-state index contributed by atoms with van der Waals surface area (Å²) in [6, 6.07) is 4.87. The van der Waals surface area contributed by atoms with Crippen LogP contribution in [0.1, 0.15) is 37.0 Å². The zero-order valence-corrected chi connectivity index (χ0v) is 13.8. The Labute approximate surface area is 132 Å². The molecule has 1 aromatic heterocycles. The monoisotopic (exact) mass is 309 g/mol. The molecular formula is C16H27N3OS. The fraction of sp³-hybridized carbons (Fsp3) is 0.688. The molecule has 0 unspecified atom stereocenters. The van der Waals surface area contributed by atoms with Crippen molar-refractivity contribution in [3.05, 3.63) is 22.4 Å². The summed E-state index contributed by atoms with van der Waals surface area (Å²) in [5.74, 6) is 0.940. The first-order chi connectivity index (χ1) is 10.4. The van der Waals surface area contributed by atoms with Crippen LogP contribution in [-0.4, -0.2) is 38.8 Å². The zero-order valence-electron chi connectivity index (χ0n) is 12.9. The molecule has 0 aromatic carbocycles. The topological polar surface area (TPSA) is 45.6 Å². The van der Waals surface area contributed by atoms with Gasteiger partial charge in [0.2, 0.25) is 0 Å². The van der Waals surface area contributed by atoms with E-state index in [1.165, 1.54) is 37.0 Å². The predicted octanol–water partition coefficient (Wildman–Crippen LogP) is 2.80. The van der Waals surface area contributed by atoms with E-state index in [0.29, 0.717) is 19.2 Å². The fourth-order valence-corrected chi connectivity index (χ4v) is 3.31. The van der Waals surface area contributed by atoms with Crippen LogP contribution in [0.25, 0.3) is 0 Å². The summed E-state index contributed by atoms with van der Waals surface area (Å²) in [6.45, 7) is 2.30. The number of methoxy groups -OCH3 is 1. The molecule has 1 aromatic rings. The number of nitrogens with one attached hydrogen (secondary N) is 2. The van der Waals surface area contributed by atoms with Crippen LogP contribution in [0.15, 0.2) is 22.5 Å². The van der Waals surface area contributed by atoms with Crippen molar-refractivity contribution in [2.75, 3.05) is 26.8 Å². The Morgan fingerprint density at radius 2 is 2.24 bits per heavy atom. The van der Waals surface area contributed by atoms with Crippen molar-refractivity contribution in [2.24, 2.45) is 4.99 Å². The van der Waals surface area contributed by atoms with Crippen LogP contribution in [0, 0.1) is 0 Å². The first-order valence-corrected chi connectivity index (χ1v) is 8.82. The highest BCUT2D eigenvalue weighted by molar-refractivity contribution is 7.09.